The second-order valence-electron chi connectivity index (χ2n) is 7.31. The quantitative estimate of drug-likeness (QED) is 0.809. The SMILES string of the molecule is CC1(C)CN(S(C)(=O)=O)C[C@@H]2CN(Cc3cccnc3)CCN21. The second-order valence-corrected chi connectivity index (χ2v) is 9.29. The number of aromatic nitrogens is 1. The van der Waals surface area contributed by atoms with Gasteiger partial charge in [0.15, 0.2) is 0 Å². The lowest BCUT2D eigenvalue weighted by atomic mass is 9.94. The third kappa shape index (κ3) is 3.74. The fraction of sp³-hybridized carbons (Fsp3) is 0.688. The highest BCUT2D eigenvalue weighted by Gasteiger charge is 2.44. The molecular formula is C16H26N4O2S. The Morgan fingerprint density at radius 1 is 1.30 bits per heavy atom. The fourth-order valence-corrected chi connectivity index (χ4v) is 4.83. The first-order valence-electron chi connectivity index (χ1n) is 8.09. The average molecular weight is 338 g/mol. The molecule has 0 bridgehead atoms. The van der Waals surface area contributed by atoms with Crippen LogP contribution in [0.25, 0.3) is 0 Å². The normalized spacial score (nSPS) is 26.8. The molecule has 0 aromatic carbocycles. The number of pyridine rings is 1. The van der Waals surface area contributed by atoms with E-state index in [1.165, 1.54) is 11.8 Å². The Morgan fingerprint density at radius 3 is 2.74 bits per heavy atom. The van der Waals surface area contributed by atoms with Gasteiger partial charge in [0.05, 0.1) is 6.26 Å². The molecule has 2 fully saturated rings. The molecule has 0 radical (unpaired) electrons. The first-order valence-corrected chi connectivity index (χ1v) is 9.94. The van der Waals surface area contributed by atoms with Crippen LogP contribution in [0, 0.1) is 0 Å². The van der Waals surface area contributed by atoms with E-state index in [0.717, 1.165) is 26.2 Å². The predicted molar refractivity (Wildman–Crippen MR) is 90.5 cm³/mol. The molecule has 0 N–H and O–H groups in total. The largest absolute Gasteiger partial charge is 0.296 e. The summed E-state index contributed by atoms with van der Waals surface area (Å²) in [4.78, 5) is 9.06. The maximum Gasteiger partial charge on any atom is 0.211 e. The van der Waals surface area contributed by atoms with Crippen LogP contribution in [-0.2, 0) is 16.6 Å². The average Bonchev–Trinajstić information content (AvgIpc) is 2.46. The summed E-state index contributed by atoms with van der Waals surface area (Å²) < 4.78 is 25.7. The maximum atomic E-state index is 12.0. The lowest BCUT2D eigenvalue weighted by molar-refractivity contribution is -0.0448. The minimum absolute atomic E-state index is 0.119. The van der Waals surface area contributed by atoms with Crippen molar-refractivity contribution in [2.45, 2.75) is 32.0 Å². The van der Waals surface area contributed by atoms with Crippen LogP contribution < -0.4 is 0 Å². The lowest BCUT2D eigenvalue weighted by Gasteiger charge is -2.55. The number of sulfonamides is 1. The van der Waals surface area contributed by atoms with E-state index in [1.54, 1.807) is 10.5 Å². The number of fused-ring (bicyclic) bond motifs is 1. The monoisotopic (exact) mass is 338 g/mol. The van der Waals surface area contributed by atoms with Crippen molar-refractivity contribution in [2.75, 3.05) is 39.0 Å². The Kier molecular flexibility index (Phi) is 4.48. The van der Waals surface area contributed by atoms with Gasteiger partial charge in [-0.15, -0.1) is 0 Å². The van der Waals surface area contributed by atoms with Gasteiger partial charge in [0, 0.05) is 63.2 Å². The Bertz CT molecular complexity index is 647. The molecule has 23 heavy (non-hydrogen) atoms. The number of rotatable bonds is 3. The molecule has 3 heterocycles. The first-order chi connectivity index (χ1) is 10.8. The molecule has 128 valence electrons. The van der Waals surface area contributed by atoms with Crippen LogP contribution in [0.3, 0.4) is 0 Å². The Labute approximate surface area is 139 Å². The zero-order valence-corrected chi connectivity index (χ0v) is 15.0. The maximum absolute atomic E-state index is 12.0. The van der Waals surface area contributed by atoms with Crippen molar-refractivity contribution in [3.05, 3.63) is 30.1 Å². The number of hydrogen-bond donors (Lipinski definition) is 0. The van der Waals surface area contributed by atoms with E-state index in [2.05, 4.69) is 34.7 Å². The van der Waals surface area contributed by atoms with Crippen LogP contribution >= 0.6 is 0 Å². The van der Waals surface area contributed by atoms with Crippen LogP contribution in [0.1, 0.15) is 19.4 Å². The van der Waals surface area contributed by atoms with Gasteiger partial charge < -0.3 is 0 Å². The van der Waals surface area contributed by atoms with Gasteiger partial charge in [0.2, 0.25) is 10.0 Å². The molecule has 1 atom stereocenters. The van der Waals surface area contributed by atoms with Gasteiger partial charge in [-0.1, -0.05) is 6.07 Å². The van der Waals surface area contributed by atoms with Crippen LogP contribution in [0.5, 0.6) is 0 Å². The molecular weight excluding hydrogens is 312 g/mol. The molecule has 0 saturated carbocycles. The summed E-state index contributed by atoms with van der Waals surface area (Å²) in [6.45, 7) is 9.21. The molecule has 0 unspecified atom stereocenters. The molecule has 6 nitrogen and oxygen atoms in total. The molecule has 1 aromatic heterocycles. The fourth-order valence-electron chi connectivity index (χ4n) is 3.84. The van der Waals surface area contributed by atoms with Crippen molar-refractivity contribution in [1.29, 1.82) is 0 Å². The smallest absolute Gasteiger partial charge is 0.211 e. The van der Waals surface area contributed by atoms with E-state index in [0.29, 0.717) is 13.1 Å². The van der Waals surface area contributed by atoms with Crippen LogP contribution in [-0.4, -0.2) is 78.1 Å². The third-order valence-corrected chi connectivity index (χ3v) is 6.14. The Hall–Kier alpha value is -1.02. The molecule has 1 aromatic rings. The molecule has 0 spiro atoms. The van der Waals surface area contributed by atoms with Gasteiger partial charge in [-0.3, -0.25) is 14.8 Å². The molecule has 2 saturated heterocycles. The van der Waals surface area contributed by atoms with E-state index >= 15 is 0 Å². The highest BCUT2D eigenvalue weighted by Crippen LogP contribution is 2.29. The zero-order valence-electron chi connectivity index (χ0n) is 14.1. The van der Waals surface area contributed by atoms with Crippen molar-refractivity contribution in [3.8, 4) is 0 Å². The molecule has 7 heteroatoms. The number of piperazine rings is 2. The second kappa shape index (κ2) is 6.12. The van der Waals surface area contributed by atoms with Gasteiger partial charge in [-0.2, -0.15) is 4.31 Å². The molecule has 2 aliphatic rings. The van der Waals surface area contributed by atoms with Crippen molar-refractivity contribution in [3.63, 3.8) is 0 Å². The summed E-state index contributed by atoms with van der Waals surface area (Å²) in [5.74, 6) is 0. The summed E-state index contributed by atoms with van der Waals surface area (Å²) in [7, 11) is -3.15. The third-order valence-electron chi connectivity index (χ3n) is 4.92. The summed E-state index contributed by atoms with van der Waals surface area (Å²) in [6.07, 6.45) is 5.00. The van der Waals surface area contributed by atoms with Crippen LogP contribution in [0.4, 0.5) is 0 Å². The summed E-state index contributed by atoms with van der Waals surface area (Å²) in [5, 5.41) is 0. The van der Waals surface area contributed by atoms with Crippen molar-refractivity contribution < 1.29 is 8.42 Å². The van der Waals surface area contributed by atoms with Crippen molar-refractivity contribution >= 4 is 10.0 Å². The summed E-state index contributed by atoms with van der Waals surface area (Å²) >= 11 is 0. The van der Waals surface area contributed by atoms with Gasteiger partial charge in [0.25, 0.3) is 0 Å². The minimum atomic E-state index is -3.15. The Morgan fingerprint density at radius 2 is 2.09 bits per heavy atom. The topological polar surface area (TPSA) is 56.8 Å². The van der Waals surface area contributed by atoms with E-state index in [9.17, 15) is 8.42 Å². The van der Waals surface area contributed by atoms with Gasteiger partial charge >= 0.3 is 0 Å². The number of hydrogen-bond acceptors (Lipinski definition) is 5. The molecule has 2 aliphatic heterocycles. The molecule has 0 amide bonds. The summed E-state index contributed by atoms with van der Waals surface area (Å²) in [6, 6.07) is 4.30. The highest BCUT2D eigenvalue weighted by molar-refractivity contribution is 7.88. The minimum Gasteiger partial charge on any atom is -0.296 e. The van der Waals surface area contributed by atoms with Crippen molar-refractivity contribution in [1.82, 2.24) is 19.1 Å². The lowest BCUT2D eigenvalue weighted by Crippen LogP contribution is -2.70. The predicted octanol–water partition coefficient (Wildman–Crippen LogP) is 0.622. The van der Waals surface area contributed by atoms with Crippen LogP contribution in [0.2, 0.25) is 0 Å². The first kappa shape index (κ1) is 16.8. The number of nitrogens with zero attached hydrogens (tertiary/aromatic N) is 4. The van der Waals surface area contributed by atoms with E-state index in [-0.39, 0.29) is 11.6 Å². The standard InChI is InChI=1S/C16H26N4O2S/c1-16(2)13-19(23(3,21)22)12-15-11-18(7-8-20(15)16)10-14-5-4-6-17-9-14/h4-6,9,15H,7-8,10-13H2,1-3H3/t15-/m0/s1. The van der Waals surface area contributed by atoms with Gasteiger partial charge in [-0.05, 0) is 25.5 Å². The Balaban J connectivity index is 1.73. The van der Waals surface area contributed by atoms with Crippen LogP contribution in [0.15, 0.2) is 24.5 Å². The van der Waals surface area contributed by atoms with Gasteiger partial charge in [0.1, 0.15) is 0 Å². The van der Waals surface area contributed by atoms with Crippen molar-refractivity contribution in [2.24, 2.45) is 0 Å². The van der Waals surface area contributed by atoms with E-state index < -0.39 is 10.0 Å². The molecule has 3 rings (SSSR count). The molecule has 0 aliphatic carbocycles. The highest BCUT2D eigenvalue weighted by atomic mass is 32.2. The zero-order chi connectivity index (χ0) is 16.7. The van der Waals surface area contributed by atoms with E-state index in [4.69, 9.17) is 0 Å². The summed E-state index contributed by atoms with van der Waals surface area (Å²) in [5.41, 5.74) is 1.09. The van der Waals surface area contributed by atoms with E-state index in [1.807, 2.05) is 12.3 Å². The van der Waals surface area contributed by atoms with Gasteiger partial charge in [-0.25, -0.2) is 8.42 Å².